The van der Waals surface area contributed by atoms with Crippen LogP contribution >= 0.6 is 0 Å². The summed E-state index contributed by atoms with van der Waals surface area (Å²) >= 11 is 0. The van der Waals surface area contributed by atoms with Gasteiger partial charge in [0.05, 0.1) is 25.0 Å². The normalized spacial score (nSPS) is 18.7. The van der Waals surface area contributed by atoms with Crippen LogP contribution in [-0.4, -0.2) is 61.8 Å². The Morgan fingerprint density at radius 2 is 2.00 bits per heavy atom. The van der Waals surface area contributed by atoms with E-state index in [0.717, 1.165) is 33.8 Å². The Morgan fingerprint density at radius 1 is 1.26 bits per heavy atom. The number of aromatic nitrogens is 2. The minimum Gasteiger partial charge on any atom is -0.475 e. The van der Waals surface area contributed by atoms with Crippen molar-refractivity contribution in [2.75, 3.05) is 32.0 Å². The SMILES string of the molecule is COC(=O)N1c2ccc(-c3cnn(C4CC4)c3)c(OCS(=O)(=O)N(C)C)c2CCC1C. The van der Waals surface area contributed by atoms with Crippen molar-refractivity contribution >= 4 is 21.8 Å². The molecule has 168 valence electrons. The Bertz CT molecular complexity index is 1090. The molecule has 1 aromatic carbocycles. The van der Waals surface area contributed by atoms with E-state index < -0.39 is 22.1 Å². The molecule has 1 fully saturated rings. The summed E-state index contributed by atoms with van der Waals surface area (Å²) in [5.41, 5.74) is 3.10. The zero-order valence-corrected chi connectivity index (χ0v) is 19.1. The second kappa shape index (κ2) is 8.16. The number of hydrogen-bond acceptors (Lipinski definition) is 6. The van der Waals surface area contributed by atoms with E-state index >= 15 is 0 Å². The summed E-state index contributed by atoms with van der Waals surface area (Å²) in [6.45, 7) is 1.96. The monoisotopic (exact) mass is 448 g/mol. The van der Waals surface area contributed by atoms with E-state index in [1.165, 1.54) is 21.2 Å². The van der Waals surface area contributed by atoms with E-state index in [-0.39, 0.29) is 6.04 Å². The maximum absolute atomic E-state index is 12.4. The topological polar surface area (TPSA) is 94.0 Å². The van der Waals surface area contributed by atoms with Crippen LogP contribution < -0.4 is 9.64 Å². The number of methoxy groups -OCH3 is 1. The molecule has 4 rings (SSSR count). The van der Waals surface area contributed by atoms with Crippen LogP contribution in [0.5, 0.6) is 5.75 Å². The van der Waals surface area contributed by atoms with Gasteiger partial charge in [-0.05, 0) is 44.7 Å². The highest BCUT2D eigenvalue weighted by Crippen LogP contribution is 2.44. The lowest BCUT2D eigenvalue weighted by Crippen LogP contribution is -2.42. The van der Waals surface area contributed by atoms with E-state index in [1.807, 2.05) is 29.9 Å². The summed E-state index contributed by atoms with van der Waals surface area (Å²) in [5.74, 6) is -0.0207. The van der Waals surface area contributed by atoms with Crippen molar-refractivity contribution in [3.05, 3.63) is 30.1 Å². The van der Waals surface area contributed by atoms with Crippen LogP contribution in [0.2, 0.25) is 0 Å². The zero-order chi connectivity index (χ0) is 22.3. The molecular weight excluding hydrogens is 420 g/mol. The Balaban J connectivity index is 1.80. The molecular formula is C21H28N4O5S. The summed E-state index contributed by atoms with van der Waals surface area (Å²) in [7, 11) is 0.717. The van der Waals surface area contributed by atoms with Crippen LogP contribution in [0, 0.1) is 0 Å². The number of benzene rings is 1. The largest absolute Gasteiger partial charge is 0.475 e. The zero-order valence-electron chi connectivity index (χ0n) is 18.2. The fourth-order valence-electron chi connectivity index (χ4n) is 3.83. The van der Waals surface area contributed by atoms with Crippen LogP contribution in [0.25, 0.3) is 11.1 Å². The molecule has 2 aromatic rings. The fourth-order valence-corrected chi connectivity index (χ4v) is 4.31. The Hall–Kier alpha value is -2.59. The van der Waals surface area contributed by atoms with Gasteiger partial charge in [0.15, 0.2) is 0 Å². The highest BCUT2D eigenvalue weighted by molar-refractivity contribution is 7.88. The van der Waals surface area contributed by atoms with Crippen LogP contribution in [0.3, 0.4) is 0 Å². The summed E-state index contributed by atoms with van der Waals surface area (Å²) in [5, 5.41) is 4.46. The second-order valence-electron chi connectivity index (χ2n) is 8.26. The van der Waals surface area contributed by atoms with Crippen LogP contribution in [0.4, 0.5) is 10.5 Å². The van der Waals surface area contributed by atoms with Gasteiger partial charge in [-0.15, -0.1) is 0 Å². The van der Waals surface area contributed by atoms with E-state index in [2.05, 4.69) is 5.10 Å². The van der Waals surface area contributed by atoms with Gasteiger partial charge in [0.1, 0.15) is 5.75 Å². The number of carbonyl (C=O) groups excluding carboxylic acids is 1. The van der Waals surface area contributed by atoms with Gasteiger partial charge in [-0.2, -0.15) is 5.10 Å². The molecule has 9 nitrogen and oxygen atoms in total. The molecule has 1 amide bonds. The first-order valence-electron chi connectivity index (χ1n) is 10.3. The Labute approximate surface area is 182 Å². The number of fused-ring (bicyclic) bond motifs is 1. The molecule has 2 heterocycles. The van der Waals surface area contributed by atoms with E-state index in [4.69, 9.17) is 9.47 Å². The third-order valence-electron chi connectivity index (χ3n) is 5.86. The standard InChI is InChI=1S/C21H28N4O5S/c1-14-5-8-18-19(25(14)21(26)29-4)10-9-17(15-11-22-24(12-15)16-6-7-16)20(18)30-13-31(27,28)23(2)3/h9-12,14,16H,5-8,13H2,1-4H3. The number of nitrogens with zero attached hydrogens (tertiary/aromatic N) is 4. The molecule has 0 saturated heterocycles. The summed E-state index contributed by atoms with van der Waals surface area (Å²) in [6, 6.07) is 4.12. The third kappa shape index (κ3) is 4.14. The fraction of sp³-hybridized carbons (Fsp3) is 0.524. The van der Waals surface area contributed by atoms with Gasteiger partial charge in [0.2, 0.25) is 16.0 Å². The predicted molar refractivity (Wildman–Crippen MR) is 117 cm³/mol. The molecule has 31 heavy (non-hydrogen) atoms. The molecule has 1 atom stereocenters. The summed E-state index contributed by atoms with van der Waals surface area (Å²) in [4.78, 5) is 14.0. The molecule has 0 spiro atoms. The summed E-state index contributed by atoms with van der Waals surface area (Å²) in [6.07, 6.45) is 6.89. The first kappa shape index (κ1) is 21.6. The van der Waals surface area contributed by atoms with Crippen LogP contribution in [-0.2, 0) is 21.2 Å². The third-order valence-corrected chi connectivity index (χ3v) is 7.39. The van der Waals surface area contributed by atoms with Crippen molar-refractivity contribution in [3.8, 4) is 16.9 Å². The van der Waals surface area contributed by atoms with Gasteiger partial charge in [-0.3, -0.25) is 9.58 Å². The predicted octanol–water partition coefficient (Wildman–Crippen LogP) is 3.02. The number of rotatable bonds is 6. The average molecular weight is 449 g/mol. The molecule has 2 aliphatic rings. The van der Waals surface area contributed by atoms with Gasteiger partial charge in [0.25, 0.3) is 0 Å². The van der Waals surface area contributed by atoms with Crippen LogP contribution in [0.15, 0.2) is 24.5 Å². The first-order valence-corrected chi connectivity index (χ1v) is 11.9. The molecule has 0 bridgehead atoms. The number of anilines is 1. The van der Waals surface area contributed by atoms with Gasteiger partial charge in [-0.1, -0.05) is 0 Å². The van der Waals surface area contributed by atoms with Crippen molar-refractivity contribution in [1.29, 1.82) is 0 Å². The maximum Gasteiger partial charge on any atom is 0.414 e. The van der Waals surface area contributed by atoms with E-state index in [9.17, 15) is 13.2 Å². The van der Waals surface area contributed by atoms with Gasteiger partial charge in [-0.25, -0.2) is 17.5 Å². The number of amides is 1. The van der Waals surface area contributed by atoms with Gasteiger partial charge in [0, 0.05) is 43.0 Å². The number of sulfonamides is 1. The van der Waals surface area contributed by atoms with Crippen molar-refractivity contribution < 1.29 is 22.7 Å². The minimum atomic E-state index is -3.58. The Kier molecular flexibility index (Phi) is 5.69. The molecule has 1 saturated carbocycles. The summed E-state index contributed by atoms with van der Waals surface area (Å²) < 4.78 is 38.8. The Morgan fingerprint density at radius 3 is 2.65 bits per heavy atom. The van der Waals surface area contributed by atoms with Crippen molar-refractivity contribution in [1.82, 2.24) is 14.1 Å². The van der Waals surface area contributed by atoms with Gasteiger partial charge < -0.3 is 9.47 Å². The quantitative estimate of drug-likeness (QED) is 0.674. The average Bonchev–Trinajstić information content (AvgIpc) is 3.48. The lowest BCUT2D eigenvalue weighted by molar-refractivity contribution is 0.175. The van der Waals surface area contributed by atoms with Crippen LogP contribution in [0.1, 0.15) is 37.8 Å². The molecule has 0 radical (unpaired) electrons. The van der Waals surface area contributed by atoms with E-state index in [0.29, 0.717) is 30.3 Å². The highest BCUT2D eigenvalue weighted by Gasteiger charge is 2.33. The lowest BCUT2D eigenvalue weighted by atomic mass is 9.92. The maximum atomic E-state index is 12.4. The number of hydrogen-bond donors (Lipinski definition) is 0. The molecule has 1 aliphatic heterocycles. The van der Waals surface area contributed by atoms with Crippen molar-refractivity contribution in [2.45, 2.75) is 44.7 Å². The molecule has 1 unspecified atom stereocenters. The molecule has 1 aliphatic carbocycles. The molecule has 1 aromatic heterocycles. The van der Waals surface area contributed by atoms with Gasteiger partial charge >= 0.3 is 6.09 Å². The van der Waals surface area contributed by atoms with E-state index in [1.54, 1.807) is 11.1 Å². The van der Waals surface area contributed by atoms with Crippen molar-refractivity contribution in [2.24, 2.45) is 0 Å². The highest BCUT2D eigenvalue weighted by atomic mass is 32.2. The minimum absolute atomic E-state index is 0.0400. The molecule has 10 heteroatoms. The smallest absolute Gasteiger partial charge is 0.414 e. The number of ether oxygens (including phenoxy) is 2. The van der Waals surface area contributed by atoms with Crippen molar-refractivity contribution in [3.63, 3.8) is 0 Å². The molecule has 0 N–H and O–H groups in total. The number of carbonyl (C=O) groups is 1. The second-order valence-corrected chi connectivity index (χ2v) is 10.4. The first-order chi connectivity index (χ1) is 14.7. The lowest BCUT2D eigenvalue weighted by Gasteiger charge is -2.35.